The molecule has 0 saturated carbocycles. The largest absolute Gasteiger partial charge is 0.417 e. The summed E-state index contributed by atoms with van der Waals surface area (Å²) in [5.74, 6) is -1.44. The SMILES string of the molecule is O=C(NS(=O)(=O)Cc1ccc(Cl)cc1)c1cc2c(C(F)(F)F)cccc2s1. The number of carbonyl (C=O) groups is 1. The molecule has 0 aliphatic heterocycles. The van der Waals surface area contributed by atoms with Gasteiger partial charge in [0.1, 0.15) is 0 Å². The van der Waals surface area contributed by atoms with Crippen LogP contribution in [-0.4, -0.2) is 14.3 Å². The number of hydrogen-bond acceptors (Lipinski definition) is 4. The molecule has 0 fully saturated rings. The Bertz CT molecular complexity index is 1110. The number of amides is 1. The molecule has 142 valence electrons. The van der Waals surface area contributed by atoms with Crippen LogP contribution in [0.3, 0.4) is 0 Å². The first kappa shape index (κ1) is 19.7. The van der Waals surface area contributed by atoms with Crippen molar-refractivity contribution in [2.75, 3.05) is 0 Å². The third-order valence-electron chi connectivity index (χ3n) is 3.61. The van der Waals surface area contributed by atoms with Crippen molar-refractivity contribution in [1.82, 2.24) is 4.72 Å². The first-order valence-corrected chi connectivity index (χ1v) is 10.3. The zero-order chi connectivity index (χ0) is 19.8. The summed E-state index contributed by atoms with van der Waals surface area (Å²) in [6, 6.07) is 10.7. The van der Waals surface area contributed by atoms with E-state index in [9.17, 15) is 26.4 Å². The van der Waals surface area contributed by atoms with Crippen molar-refractivity contribution < 1.29 is 26.4 Å². The third kappa shape index (κ3) is 4.60. The Morgan fingerprint density at radius 3 is 2.41 bits per heavy atom. The van der Waals surface area contributed by atoms with E-state index in [0.717, 1.165) is 23.5 Å². The predicted molar refractivity (Wildman–Crippen MR) is 98.4 cm³/mol. The van der Waals surface area contributed by atoms with Gasteiger partial charge in [-0.2, -0.15) is 13.2 Å². The Morgan fingerprint density at radius 2 is 1.78 bits per heavy atom. The molecular formula is C17H11ClF3NO3S2. The van der Waals surface area contributed by atoms with E-state index in [1.165, 1.54) is 36.4 Å². The average Bonchev–Trinajstić information content (AvgIpc) is 2.99. The lowest BCUT2D eigenvalue weighted by Gasteiger charge is -2.07. The summed E-state index contributed by atoms with van der Waals surface area (Å²) < 4.78 is 65.7. The van der Waals surface area contributed by atoms with E-state index in [1.807, 2.05) is 4.72 Å². The lowest BCUT2D eigenvalue weighted by atomic mass is 10.1. The molecule has 4 nitrogen and oxygen atoms in total. The molecule has 27 heavy (non-hydrogen) atoms. The highest BCUT2D eigenvalue weighted by Crippen LogP contribution is 2.38. The normalized spacial score (nSPS) is 12.3. The molecule has 3 aromatic rings. The van der Waals surface area contributed by atoms with E-state index < -0.39 is 33.4 Å². The van der Waals surface area contributed by atoms with E-state index in [-0.39, 0.29) is 15.0 Å². The van der Waals surface area contributed by atoms with Crippen LogP contribution >= 0.6 is 22.9 Å². The van der Waals surface area contributed by atoms with Crippen molar-refractivity contribution in [2.24, 2.45) is 0 Å². The molecule has 10 heteroatoms. The van der Waals surface area contributed by atoms with E-state index >= 15 is 0 Å². The van der Waals surface area contributed by atoms with Crippen LogP contribution < -0.4 is 4.72 Å². The summed E-state index contributed by atoms with van der Waals surface area (Å²) in [7, 11) is -4.03. The average molecular weight is 434 g/mol. The van der Waals surface area contributed by atoms with Crippen LogP contribution in [0.1, 0.15) is 20.8 Å². The molecule has 3 rings (SSSR count). The number of carbonyl (C=O) groups excluding carboxylic acids is 1. The number of hydrogen-bond donors (Lipinski definition) is 1. The van der Waals surface area contributed by atoms with Gasteiger partial charge < -0.3 is 0 Å². The van der Waals surface area contributed by atoms with Crippen molar-refractivity contribution in [2.45, 2.75) is 11.9 Å². The highest BCUT2D eigenvalue weighted by Gasteiger charge is 2.33. The Kier molecular flexibility index (Phi) is 5.20. The van der Waals surface area contributed by atoms with E-state index in [4.69, 9.17) is 11.6 Å². The van der Waals surface area contributed by atoms with Gasteiger partial charge in [0, 0.05) is 15.1 Å². The Hall–Kier alpha value is -2.10. The minimum absolute atomic E-state index is 0.124. The molecule has 1 aromatic heterocycles. The molecule has 1 heterocycles. The van der Waals surface area contributed by atoms with Crippen LogP contribution in [0.5, 0.6) is 0 Å². The van der Waals surface area contributed by atoms with Crippen LogP contribution in [0.2, 0.25) is 5.02 Å². The molecule has 1 N–H and O–H groups in total. The van der Waals surface area contributed by atoms with E-state index in [1.54, 1.807) is 0 Å². The molecule has 0 bridgehead atoms. The quantitative estimate of drug-likeness (QED) is 0.640. The molecule has 1 amide bonds. The van der Waals surface area contributed by atoms with Gasteiger partial charge >= 0.3 is 6.18 Å². The fourth-order valence-corrected chi connectivity index (χ4v) is 4.72. The molecule has 2 aromatic carbocycles. The first-order chi connectivity index (χ1) is 12.5. The maximum atomic E-state index is 13.1. The summed E-state index contributed by atoms with van der Waals surface area (Å²) in [6.45, 7) is 0. The molecule has 0 radical (unpaired) electrons. The number of rotatable bonds is 4. The second-order valence-electron chi connectivity index (χ2n) is 5.64. The van der Waals surface area contributed by atoms with Gasteiger partial charge in [-0.3, -0.25) is 4.79 Å². The summed E-state index contributed by atoms with van der Waals surface area (Å²) in [4.78, 5) is 12.1. The lowest BCUT2D eigenvalue weighted by Crippen LogP contribution is -2.31. The van der Waals surface area contributed by atoms with Gasteiger partial charge in [0.25, 0.3) is 5.91 Å². The van der Waals surface area contributed by atoms with Gasteiger partial charge in [0.2, 0.25) is 10.0 Å². The first-order valence-electron chi connectivity index (χ1n) is 7.44. The minimum atomic E-state index is -4.57. The third-order valence-corrected chi connectivity index (χ3v) is 6.17. The van der Waals surface area contributed by atoms with Gasteiger partial charge in [-0.15, -0.1) is 11.3 Å². The van der Waals surface area contributed by atoms with Crippen molar-refractivity contribution in [3.8, 4) is 0 Å². The Morgan fingerprint density at radius 1 is 1.11 bits per heavy atom. The highest BCUT2D eigenvalue weighted by molar-refractivity contribution is 7.89. The summed E-state index contributed by atoms with van der Waals surface area (Å²) >= 11 is 6.52. The van der Waals surface area contributed by atoms with Gasteiger partial charge in [-0.1, -0.05) is 29.8 Å². The van der Waals surface area contributed by atoms with Crippen LogP contribution in [0, 0.1) is 0 Å². The molecule has 0 aliphatic rings. The van der Waals surface area contributed by atoms with Gasteiger partial charge in [-0.25, -0.2) is 13.1 Å². The van der Waals surface area contributed by atoms with E-state index in [2.05, 4.69) is 0 Å². The molecule has 0 aliphatic carbocycles. The second-order valence-corrected chi connectivity index (χ2v) is 8.89. The summed E-state index contributed by atoms with van der Waals surface area (Å²) in [5, 5.41) is 0.293. The lowest BCUT2D eigenvalue weighted by molar-refractivity contribution is -0.136. The number of thiophene rings is 1. The van der Waals surface area contributed by atoms with Crippen molar-refractivity contribution in [1.29, 1.82) is 0 Å². The van der Waals surface area contributed by atoms with Crippen molar-refractivity contribution in [3.05, 3.63) is 69.6 Å². The number of alkyl halides is 3. The fourth-order valence-electron chi connectivity index (χ4n) is 2.45. The van der Waals surface area contributed by atoms with Crippen LogP contribution in [-0.2, 0) is 22.0 Å². The summed E-state index contributed by atoms with van der Waals surface area (Å²) in [6.07, 6.45) is -4.57. The zero-order valence-corrected chi connectivity index (χ0v) is 15.8. The maximum Gasteiger partial charge on any atom is 0.417 e. The standard InChI is InChI=1S/C17H11ClF3NO3S2/c18-11-6-4-10(5-7-11)9-27(24,25)22-16(23)15-8-12-13(17(19,20)21)2-1-3-14(12)26-15/h1-8H,9H2,(H,22,23). The number of benzene rings is 2. The Labute approximate surface area is 161 Å². The topological polar surface area (TPSA) is 63.2 Å². The smallest absolute Gasteiger partial charge is 0.267 e. The monoisotopic (exact) mass is 433 g/mol. The highest BCUT2D eigenvalue weighted by atomic mass is 35.5. The molecule has 0 saturated heterocycles. The number of sulfonamides is 1. The van der Waals surface area contributed by atoms with Crippen LogP contribution in [0.15, 0.2) is 48.5 Å². The van der Waals surface area contributed by atoms with Crippen molar-refractivity contribution in [3.63, 3.8) is 0 Å². The second kappa shape index (κ2) is 7.14. The summed E-state index contributed by atoms with van der Waals surface area (Å²) in [5.41, 5.74) is -0.463. The molecule has 0 unspecified atom stereocenters. The van der Waals surface area contributed by atoms with Gasteiger partial charge in [0.05, 0.1) is 16.2 Å². The molecule has 0 spiro atoms. The van der Waals surface area contributed by atoms with E-state index in [0.29, 0.717) is 10.6 Å². The van der Waals surface area contributed by atoms with Crippen molar-refractivity contribution >= 4 is 49.0 Å². The number of fused-ring (bicyclic) bond motifs is 1. The minimum Gasteiger partial charge on any atom is -0.267 e. The number of nitrogens with one attached hydrogen (secondary N) is 1. The Balaban J connectivity index is 1.84. The van der Waals surface area contributed by atoms with Gasteiger partial charge in [-0.05, 0) is 35.9 Å². The van der Waals surface area contributed by atoms with Crippen LogP contribution in [0.4, 0.5) is 13.2 Å². The molecular weight excluding hydrogens is 423 g/mol. The van der Waals surface area contributed by atoms with Gasteiger partial charge in [0.15, 0.2) is 0 Å². The fraction of sp³-hybridized carbons (Fsp3) is 0.118. The molecule has 0 atom stereocenters. The maximum absolute atomic E-state index is 13.1. The van der Waals surface area contributed by atoms with Crippen LogP contribution in [0.25, 0.3) is 10.1 Å². The predicted octanol–water partition coefficient (Wildman–Crippen LogP) is 4.83. The zero-order valence-electron chi connectivity index (χ0n) is 13.4. The number of halogens is 4.